The topological polar surface area (TPSA) is 41.4 Å². The van der Waals surface area contributed by atoms with E-state index in [1.165, 1.54) is 0 Å². The van der Waals surface area contributed by atoms with Crippen LogP contribution in [-0.4, -0.2) is 58.0 Å². The first-order valence-corrected chi connectivity index (χ1v) is 8.31. The monoisotopic (exact) mass is 352 g/mol. The average Bonchev–Trinajstić information content (AvgIpc) is 3.08. The molecular formula is C16H18Cl2N4O. The number of amides is 1. The second-order valence-electron chi connectivity index (χ2n) is 5.56. The Hall–Kier alpha value is -1.56. The summed E-state index contributed by atoms with van der Waals surface area (Å²) >= 11 is 12.1. The number of piperazine rings is 1. The van der Waals surface area contributed by atoms with Crippen LogP contribution in [0.3, 0.4) is 0 Å². The number of hydrogen-bond acceptors (Lipinski definition) is 3. The van der Waals surface area contributed by atoms with Gasteiger partial charge in [-0.15, -0.1) is 0 Å². The third-order valence-electron chi connectivity index (χ3n) is 4.05. The molecular weight excluding hydrogens is 335 g/mol. The minimum absolute atomic E-state index is 0.0493. The van der Waals surface area contributed by atoms with Crippen molar-refractivity contribution < 1.29 is 4.79 Å². The van der Waals surface area contributed by atoms with E-state index in [9.17, 15) is 4.79 Å². The number of benzene rings is 1. The largest absolute Gasteiger partial charge is 0.336 e. The fourth-order valence-electron chi connectivity index (χ4n) is 2.68. The first kappa shape index (κ1) is 16.3. The lowest BCUT2D eigenvalue weighted by Crippen LogP contribution is -2.49. The maximum Gasteiger partial charge on any atom is 0.255 e. The maximum absolute atomic E-state index is 12.6. The van der Waals surface area contributed by atoms with Gasteiger partial charge in [0.1, 0.15) is 0 Å². The molecule has 7 heteroatoms. The summed E-state index contributed by atoms with van der Waals surface area (Å²) < 4.78 is 2.06. The molecule has 5 nitrogen and oxygen atoms in total. The SMILES string of the molecule is O=C(c1cc(Cl)ccc1Cl)N1CCN(CCn2ccnc2)CC1. The van der Waals surface area contributed by atoms with Crippen molar-refractivity contribution in [2.24, 2.45) is 0 Å². The smallest absolute Gasteiger partial charge is 0.255 e. The van der Waals surface area contributed by atoms with Crippen LogP contribution in [0.1, 0.15) is 10.4 Å². The van der Waals surface area contributed by atoms with E-state index >= 15 is 0 Å². The molecule has 1 aromatic carbocycles. The minimum Gasteiger partial charge on any atom is -0.336 e. The van der Waals surface area contributed by atoms with Crippen molar-refractivity contribution in [3.05, 3.63) is 52.5 Å². The Bertz CT molecular complexity index is 667. The fraction of sp³-hybridized carbons (Fsp3) is 0.375. The van der Waals surface area contributed by atoms with Gasteiger partial charge in [-0.05, 0) is 18.2 Å². The molecule has 0 N–H and O–H groups in total. The second-order valence-corrected chi connectivity index (χ2v) is 6.40. The predicted molar refractivity (Wildman–Crippen MR) is 91.0 cm³/mol. The molecule has 0 atom stereocenters. The molecule has 0 aliphatic carbocycles. The van der Waals surface area contributed by atoms with Gasteiger partial charge < -0.3 is 9.47 Å². The minimum atomic E-state index is -0.0493. The van der Waals surface area contributed by atoms with Crippen LogP contribution in [0, 0.1) is 0 Å². The van der Waals surface area contributed by atoms with Crippen LogP contribution in [-0.2, 0) is 6.54 Å². The van der Waals surface area contributed by atoms with Gasteiger partial charge >= 0.3 is 0 Å². The quantitative estimate of drug-likeness (QED) is 0.849. The normalized spacial score (nSPS) is 15.8. The summed E-state index contributed by atoms with van der Waals surface area (Å²) in [5.41, 5.74) is 0.478. The summed E-state index contributed by atoms with van der Waals surface area (Å²) in [7, 11) is 0. The van der Waals surface area contributed by atoms with Gasteiger partial charge in [0.2, 0.25) is 0 Å². The van der Waals surface area contributed by atoms with Gasteiger partial charge in [-0.1, -0.05) is 23.2 Å². The molecule has 1 aliphatic rings. The first-order chi connectivity index (χ1) is 11.1. The third-order valence-corrected chi connectivity index (χ3v) is 4.62. The number of carbonyl (C=O) groups excluding carboxylic acids is 1. The van der Waals surface area contributed by atoms with Crippen LogP contribution in [0.15, 0.2) is 36.9 Å². The van der Waals surface area contributed by atoms with Gasteiger partial charge in [0.05, 0.1) is 16.9 Å². The number of halogens is 2. The van der Waals surface area contributed by atoms with Crippen molar-refractivity contribution in [1.82, 2.24) is 19.4 Å². The zero-order valence-electron chi connectivity index (χ0n) is 12.7. The van der Waals surface area contributed by atoms with E-state index in [0.29, 0.717) is 28.7 Å². The first-order valence-electron chi connectivity index (χ1n) is 7.56. The van der Waals surface area contributed by atoms with E-state index < -0.39 is 0 Å². The lowest BCUT2D eigenvalue weighted by molar-refractivity contribution is 0.0633. The van der Waals surface area contributed by atoms with Crippen molar-refractivity contribution in [3.8, 4) is 0 Å². The highest BCUT2D eigenvalue weighted by molar-refractivity contribution is 6.35. The molecule has 2 aromatic rings. The van der Waals surface area contributed by atoms with E-state index in [1.807, 2.05) is 17.4 Å². The standard InChI is InChI=1S/C16H18Cl2N4O/c17-13-1-2-15(18)14(11-13)16(23)22-9-7-20(8-10-22)5-6-21-4-3-19-12-21/h1-4,11-12H,5-10H2. The van der Waals surface area contributed by atoms with Crippen LogP contribution < -0.4 is 0 Å². The van der Waals surface area contributed by atoms with Crippen molar-refractivity contribution in [1.29, 1.82) is 0 Å². The van der Waals surface area contributed by atoms with Crippen molar-refractivity contribution >= 4 is 29.1 Å². The Labute approximate surface area is 145 Å². The average molecular weight is 353 g/mol. The molecule has 122 valence electrons. The number of rotatable bonds is 4. The van der Waals surface area contributed by atoms with Gasteiger partial charge in [0.25, 0.3) is 5.91 Å². The molecule has 1 saturated heterocycles. The highest BCUT2D eigenvalue weighted by Crippen LogP contribution is 2.22. The van der Waals surface area contributed by atoms with Crippen LogP contribution in [0.2, 0.25) is 10.0 Å². The number of carbonyl (C=O) groups is 1. The Morgan fingerprint density at radius 3 is 2.61 bits per heavy atom. The summed E-state index contributed by atoms with van der Waals surface area (Å²) in [6.07, 6.45) is 5.56. The fourth-order valence-corrected chi connectivity index (χ4v) is 3.05. The number of hydrogen-bond donors (Lipinski definition) is 0. The van der Waals surface area contributed by atoms with Gasteiger partial charge in [0, 0.05) is 56.7 Å². The number of imidazole rings is 1. The molecule has 0 spiro atoms. The molecule has 0 radical (unpaired) electrons. The van der Waals surface area contributed by atoms with Crippen LogP contribution in [0.5, 0.6) is 0 Å². The summed E-state index contributed by atoms with van der Waals surface area (Å²) in [6, 6.07) is 4.99. The van der Waals surface area contributed by atoms with Gasteiger partial charge in [-0.3, -0.25) is 9.69 Å². The summed E-state index contributed by atoms with van der Waals surface area (Å²) in [5, 5.41) is 0.971. The van der Waals surface area contributed by atoms with Gasteiger partial charge in [-0.25, -0.2) is 4.98 Å². The molecule has 1 fully saturated rings. The molecule has 3 rings (SSSR count). The molecule has 0 unspecified atom stereocenters. The summed E-state index contributed by atoms with van der Waals surface area (Å²) in [5.74, 6) is -0.0493. The van der Waals surface area contributed by atoms with Crippen LogP contribution in [0.25, 0.3) is 0 Å². The Morgan fingerprint density at radius 2 is 1.91 bits per heavy atom. The highest BCUT2D eigenvalue weighted by Gasteiger charge is 2.23. The van der Waals surface area contributed by atoms with Crippen molar-refractivity contribution in [2.45, 2.75) is 6.54 Å². The second kappa shape index (κ2) is 7.34. The van der Waals surface area contributed by atoms with Gasteiger partial charge in [-0.2, -0.15) is 0 Å². The Kier molecular flexibility index (Phi) is 5.20. The third kappa shape index (κ3) is 4.05. The van der Waals surface area contributed by atoms with Crippen LogP contribution in [0.4, 0.5) is 0 Å². The molecule has 0 bridgehead atoms. The molecule has 0 saturated carbocycles. The molecule has 1 amide bonds. The molecule has 1 aliphatic heterocycles. The Balaban J connectivity index is 1.54. The van der Waals surface area contributed by atoms with E-state index in [-0.39, 0.29) is 5.91 Å². The zero-order valence-corrected chi connectivity index (χ0v) is 14.2. The Morgan fingerprint density at radius 1 is 1.13 bits per heavy atom. The predicted octanol–water partition coefficient (Wildman–Crippen LogP) is 2.65. The molecule has 1 aromatic heterocycles. The maximum atomic E-state index is 12.6. The van der Waals surface area contributed by atoms with Gasteiger partial charge in [0.15, 0.2) is 0 Å². The van der Waals surface area contributed by atoms with E-state index in [2.05, 4.69) is 14.5 Å². The zero-order chi connectivity index (χ0) is 16.2. The number of aromatic nitrogens is 2. The summed E-state index contributed by atoms with van der Waals surface area (Å²) in [6.45, 7) is 4.98. The molecule has 2 heterocycles. The van der Waals surface area contributed by atoms with Crippen molar-refractivity contribution in [3.63, 3.8) is 0 Å². The van der Waals surface area contributed by atoms with Crippen molar-refractivity contribution in [2.75, 3.05) is 32.7 Å². The summed E-state index contributed by atoms with van der Waals surface area (Å²) in [4.78, 5) is 20.8. The number of nitrogens with zero attached hydrogens (tertiary/aromatic N) is 4. The van der Waals surface area contributed by atoms with Crippen LogP contribution >= 0.6 is 23.2 Å². The van der Waals surface area contributed by atoms with E-state index in [0.717, 1.165) is 26.2 Å². The lowest BCUT2D eigenvalue weighted by Gasteiger charge is -2.35. The van der Waals surface area contributed by atoms with E-state index in [4.69, 9.17) is 23.2 Å². The van der Waals surface area contributed by atoms with E-state index in [1.54, 1.807) is 24.4 Å². The lowest BCUT2D eigenvalue weighted by atomic mass is 10.1. The highest BCUT2D eigenvalue weighted by atomic mass is 35.5. The molecule has 23 heavy (non-hydrogen) atoms.